The lowest BCUT2D eigenvalue weighted by Gasteiger charge is -2.06. The molecule has 5 heteroatoms. The number of carbonyl (C=O) groups is 1. The number of phenolic OH excluding ortho intramolecular Hbond substituents is 1. The summed E-state index contributed by atoms with van der Waals surface area (Å²) in [6.45, 7) is 1.71. The van der Waals surface area contributed by atoms with Gasteiger partial charge in [-0.1, -0.05) is 30.3 Å². The maximum absolute atomic E-state index is 11.6. The molecule has 2 aromatic carbocycles. The van der Waals surface area contributed by atoms with Crippen molar-refractivity contribution >= 4 is 17.4 Å². The van der Waals surface area contributed by atoms with Crippen LogP contribution in [0.25, 0.3) is 0 Å². The van der Waals surface area contributed by atoms with Crippen molar-refractivity contribution in [3.63, 3.8) is 0 Å². The Balaban J connectivity index is 1.99. The zero-order valence-corrected chi connectivity index (χ0v) is 11.0. The van der Waals surface area contributed by atoms with E-state index >= 15 is 0 Å². The molecular weight excluding hydrogens is 254 g/mol. The van der Waals surface area contributed by atoms with Crippen LogP contribution in [0.15, 0.2) is 59.7 Å². The van der Waals surface area contributed by atoms with Gasteiger partial charge in [0.2, 0.25) is 0 Å². The summed E-state index contributed by atoms with van der Waals surface area (Å²) in [6, 6.07) is 15.4. The zero-order valence-electron chi connectivity index (χ0n) is 11.0. The van der Waals surface area contributed by atoms with Gasteiger partial charge in [0.15, 0.2) is 0 Å². The zero-order chi connectivity index (χ0) is 14.4. The van der Waals surface area contributed by atoms with Gasteiger partial charge in [0.05, 0.1) is 5.71 Å². The van der Waals surface area contributed by atoms with Crippen molar-refractivity contribution in [1.29, 1.82) is 0 Å². The summed E-state index contributed by atoms with van der Waals surface area (Å²) in [5.41, 5.74) is 4.16. The number of nitrogens with zero attached hydrogens (tertiary/aromatic N) is 1. The number of amides is 2. The van der Waals surface area contributed by atoms with E-state index in [1.165, 1.54) is 0 Å². The lowest BCUT2D eigenvalue weighted by molar-refractivity contribution is 0.252. The van der Waals surface area contributed by atoms with Gasteiger partial charge in [0, 0.05) is 11.3 Å². The molecule has 102 valence electrons. The highest BCUT2D eigenvalue weighted by Gasteiger charge is 2.04. The number of para-hydroxylation sites is 2. The summed E-state index contributed by atoms with van der Waals surface area (Å²) in [4.78, 5) is 11.6. The minimum Gasteiger partial charge on any atom is -0.507 e. The second-order valence-electron chi connectivity index (χ2n) is 4.15. The Morgan fingerprint density at radius 3 is 2.40 bits per heavy atom. The fourth-order valence-electron chi connectivity index (χ4n) is 1.65. The average Bonchev–Trinajstić information content (AvgIpc) is 2.46. The van der Waals surface area contributed by atoms with Crippen LogP contribution in [0.2, 0.25) is 0 Å². The summed E-state index contributed by atoms with van der Waals surface area (Å²) in [5.74, 6) is 0.124. The van der Waals surface area contributed by atoms with Gasteiger partial charge in [-0.15, -0.1) is 0 Å². The van der Waals surface area contributed by atoms with Gasteiger partial charge >= 0.3 is 6.03 Å². The Bertz CT molecular complexity index is 624. The van der Waals surface area contributed by atoms with E-state index in [1.807, 2.05) is 18.2 Å². The van der Waals surface area contributed by atoms with E-state index < -0.39 is 6.03 Å². The maximum atomic E-state index is 11.6. The monoisotopic (exact) mass is 269 g/mol. The summed E-state index contributed by atoms with van der Waals surface area (Å²) in [5, 5.41) is 16.3. The minimum atomic E-state index is -0.439. The van der Waals surface area contributed by atoms with Crippen molar-refractivity contribution in [2.75, 3.05) is 5.32 Å². The Morgan fingerprint density at radius 2 is 1.70 bits per heavy atom. The normalized spacial score (nSPS) is 10.9. The first-order valence-electron chi connectivity index (χ1n) is 6.11. The maximum Gasteiger partial charge on any atom is 0.339 e. The first kappa shape index (κ1) is 13.6. The SMILES string of the molecule is CC(=NNC(=O)Nc1ccccc1)c1ccccc1O. The first-order valence-corrected chi connectivity index (χ1v) is 6.11. The fraction of sp³-hybridized carbons (Fsp3) is 0.0667. The molecule has 2 amide bonds. The molecule has 0 heterocycles. The summed E-state index contributed by atoms with van der Waals surface area (Å²) >= 11 is 0. The number of nitrogens with one attached hydrogen (secondary N) is 2. The van der Waals surface area contributed by atoms with Gasteiger partial charge in [-0.25, -0.2) is 10.2 Å². The Labute approximate surface area is 117 Å². The third kappa shape index (κ3) is 3.58. The van der Waals surface area contributed by atoms with Crippen LogP contribution in [0.3, 0.4) is 0 Å². The number of hydrogen-bond donors (Lipinski definition) is 3. The van der Waals surface area contributed by atoms with Gasteiger partial charge < -0.3 is 10.4 Å². The Morgan fingerprint density at radius 1 is 1.05 bits per heavy atom. The minimum absolute atomic E-state index is 0.124. The van der Waals surface area contributed by atoms with Crippen molar-refractivity contribution < 1.29 is 9.90 Å². The standard InChI is InChI=1S/C15H15N3O2/c1-11(13-9-5-6-10-14(13)19)17-18-15(20)16-12-7-3-2-4-8-12/h2-10,19H,1H3,(H2,16,18,20). The third-order valence-electron chi connectivity index (χ3n) is 2.65. The van der Waals surface area contributed by atoms with E-state index in [4.69, 9.17) is 0 Å². The first-order chi connectivity index (χ1) is 9.66. The predicted octanol–water partition coefficient (Wildman–Crippen LogP) is 2.94. The molecule has 0 aromatic heterocycles. The van der Waals surface area contributed by atoms with Crippen LogP contribution in [0.5, 0.6) is 5.75 Å². The van der Waals surface area contributed by atoms with Crippen LogP contribution in [0.1, 0.15) is 12.5 Å². The summed E-state index contributed by atoms with van der Waals surface area (Å²) in [6.07, 6.45) is 0. The lowest BCUT2D eigenvalue weighted by atomic mass is 10.1. The molecule has 0 saturated heterocycles. The number of urea groups is 1. The molecule has 0 bridgehead atoms. The van der Waals surface area contributed by atoms with Crippen molar-refractivity contribution in [2.24, 2.45) is 5.10 Å². The van der Waals surface area contributed by atoms with Crippen LogP contribution in [0.4, 0.5) is 10.5 Å². The lowest BCUT2D eigenvalue weighted by Crippen LogP contribution is -2.25. The van der Waals surface area contributed by atoms with Gasteiger partial charge in [-0.05, 0) is 31.2 Å². The predicted molar refractivity (Wildman–Crippen MR) is 78.9 cm³/mol. The second kappa shape index (κ2) is 6.38. The van der Waals surface area contributed by atoms with Crippen molar-refractivity contribution in [3.05, 3.63) is 60.2 Å². The van der Waals surface area contributed by atoms with Crippen LogP contribution in [-0.4, -0.2) is 16.8 Å². The quantitative estimate of drug-likeness (QED) is 0.592. The molecule has 0 radical (unpaired) electrons. The molecule has 2 rings (SSSR count). The molecule has 2 aromatic rings. The number of hydrogen-bond acceptors (Lipinski definition) is 3. The van der Waals surface area contributed by atoms with Gasteiger partial charge in [-0.3, -0.25) is 0 Å². The molecule has 0 atom stereocenters. The van der Waals surface area contributed by atoms with Crippen LogP contribution >= 0.6 is 0 Å². The average molecular weight is 269 g/mol. The third-order valence-corrected chi connectivity index (χ3v) is 2.65. The fourth-order valence-corrected chi connectivity index (χ4v) is 1.65. The van der Waals surface area contributed by atoms with Crippen LogP contribution < -0.4 is 10.7 Å². The van der Waals surface area contributed by atoms with E-state index in [1.54, 1.807) is 43.3 Å². The molecule has 0 unspecified atom stereocenters. The molecule has 0 aliphatic rings. The number of rotatable bonds is 3. The smallest absolute Gasteiger partial charge is 0.339 e. The van der Waals surface area contributed by atoms with Gasteiger partial charge in [-0.2, -0.15) is 5.10 Å². The number of anilines is 1. The molecular formula is C15H15N3O2. The number of phenols is 1. The topological polar surface area (TPSA) is 73.7 Å². The van der Waals surface area contributed by atoms with Crippen molar-refractivity contribution in [3.8, 4) is 5.75 Å². The van der Waals surface area contributed by atoms with Crippen molar-refractivity contribution in [1.82, 2.24) is 5.43 Å². The van der Waals surface area contributed by atoms with E-state index in [9.17, 15) is 9.90 Å². The van der Waals surface area contributed by atoms with Crippen LogP contribution in [0, 0.1) is 0 Å². The molecule has 0 fully saturated rings. The molecule has 0 spiro atoms. The van der Waals surface area contributed by atoms with Gasteiger partial charge in [0.1, 0.15) is 5.75 Å². The molecule has 20 heavy (non-hydrogen) atoms. The van der Waals surface area contributed by atoms with E-state index in [0.29, 0.717) is 17.0 Å². The number of carbonyl (C=O) groups excluding carboxylic acids is 1. The van der Waals surface area contributed by atoms with E-state index in [-0.39, 0.29) is 5.75 Å². The Kier molecular flexibility index (Phi) is 4.34. The summed E-state index contributed by atoms with van der Waals surface area (Å²) < 4.78 is 0. The molecule has 0 aliphatic carbocycles. The van der Waals surface area contributed by atoms with Crippen molar-refractivity contribution in [2.45, 2.75) is 6.92 Å². The molecule has 0 aliphatic heterocycles. The molecule has 0 saturated carbocycles. The van der Waals surface area contributed by atoms with E-state index in [0.717, 1.165) is 0 Å². The number of benzene rings is 2. The number of aromatic hydroxyl groups is 1. The highest BCUT2D eigenvalue weighted by Crippen LogP contribution is 2.16. The highest BCUT2D eigenvalue weighted by atomic mass is 16.3. The Hall–Kier alpha value is -2.82. The summed E-state index contributed by atoms with van der Waals surface area (Å²) in [7, 11) is 0. The van der Waals surface area contributed by atoms with Crippen LogP contribution in [-0.2, 0) is 0 Å². The second-order valence-corrected chi connectivity index (χ2v) is 4.15. The largest absolute Gasteiger partial charge is 0.507 e. The van der Waals surface area contributed by atoms with Gasteiger partial charge in [0.25, 0.3) is 0 Å². The highest BCUT2D eigenvalue weighted by molar-refractivity contribution is 6.01. The number of hydrazone groups is 1. The van der Waals surface area contributed by atoms with E-state index in [2.05, 4.69) is 15.8 Å². The molecule has 5 nitrogen and oxygen atoms in total. The molecule has 3 N–H and O–H groups in total.